The van der Waals surface area contributed by atoms with Crippen molar-refractivity contribution in [1.82, 2.24) is 0 Å². The molecule has 0 radical (unpaired) electrons. The molecule has 0 rings (SSSR count). The van der Waals surface area contributed by atoms with Crippen LogP contribution in [-0.4, -0.2) is 37.0 Å². The van der Waals surface area contributed by atoms with Crippen LogP contribution in [0.2, 0.25) is 0 Å². The minimum absolute atomic E-state index is 0.185. The second-order valence-corrected chi connectivity index (χ2v) is 7.31. The Morgan fingerprint density at radius 1 is 0.857 bits per heavy atom. The highest BCUT2D eigenvalue weighted by atomic mass is 16.6. The van der Waals surface area contributed by atoms with Gasteiger partial charge in [0.05, 0.1) is 13.2 Å². The summed E-state index contributed by atoms with van der Waals surface area (Å²) < 4.78 is 10.6. The van der Waals surface area contributed by atoms with Gasteiger partial charge in [0.15, 0.2) is 0 Å². The fraction of sp³-hybridized carbons (Fsp3) is 0.792. The molecule has 0 saturated carbocycles. The lowest BCUT2D eigenvalue weighted by atomic mass is 10.1. The molecule has 0 spiro atoms. The van der Waals surface area contributed by atoms with Gasteiger partial charge in [0, 0.05) is 13.0 Å². The lowest BCUT2D eigenvalue weighted by Crippen LogP contribution is -2.27. The second-order valence-electron chi connectivity index (χ2n) is 7.31. The van der Waals surface area contributed by atoms with Gasteiger partial charge < -0.3 is 14.6 Å². The number of hydrogen-bond acceptors (Lipinski definition) is 4. The molecule has 0 saturated heterocycles. The summed E-state index contributed by atoms with van der Waals surface area (Å²) in [5.74, 6) is -0.295. The van der Waals surface area contributed by atoms with E-state index < -0.39 is 6.10 Å². The number of esters is 1. The molecular formula is C24H44O4. The molecule has 28 heavy (non-hydrogen) atoms. The molecule has 0 amide bonds. The van der Waals surface area contributed by atoms with Crippen LogP contribution in [-0.2, 0) is 14.3 Å². The van der Waals surface area contributed by atoms with Crippen LogP contribution in [0, 0.1) is 0 Å². The lowest BCUT2D eigenvalue weighted by Gasteiger charge is -2.15. The van der Waals surface area contributed by atoms with Crippen LogP contribution >= 0.6 is 0 Å². The SMILES string of the molecule is CCCCC/C=C\C/C=C\CCCCCCCCOCC(CO)OC(=O)CC. The molecule has 0 aliphatic heterocycles. The number of carbonyl (C=O) groups is 1. The van der Waals surface area contributed by atoms with E-state index in [2.05, 4.69) is 31.2 Å². The van der Waals surface area contributed by atoms with Crippen molar-refractivity contribution in [2.24, 2.45) is 0 Å². The maximum absolute atomic E-state index is 11.2. The fourth-order valence-corrected chi connectivity index (χ4v) is 2.80. The zero-order valence-electron chi connectivity index (χ0n) is 18.4. The second kappa shape index (κ2) is 22.2. The first-order valence-corrected chi connectivity index (χ1v) is 11.4. The summed E-state index contributed by atoms with van der Waals surface area (Å²) in [4.78, 5) is 11.2. The first-order valence-electron chi connectivity index (χ1n) is 11.4. The number of ether oxygens (including phenoxy) is 2. The Morgan fingerprint density at radius 3 is 2.07 bits per heavy atom. The first-order chi connectivity index (χ1) is 13.7. The van der Waals surface area contributed by atoms with E-state index in [1.165, 1.54) is 57.8 Å². The molecular weight excluding hydrogens is 352 g/mol. The topological polar surface area (TPSA) is 55.8 Å². The molecule has 164 valence electrons. The van der Waals surface area contributed by atoms with Crippen LogP contribution in [0.4, 0.5) is 0 Å². The maximum atomic E-state index is 11.2. The lowest BCUT2D eigenvalue weighted by molar-refractivity contribution is -0.154. The Bertz CT molecular complexity index is 390. The predicted octanol–water partition coefficient (Wildman–Crippen LogP) is 6.13. The van der Waals surface area contributed by atoms with Gasteiger partial charge in [-0.1, -0.05) is 76.7 Å². The molecule has 0 bridgehead atoms. The summed E-state index contributed by atoms with van der Waals surface area (Å²) >= 11 is 0. The van der Waals surface area contributed by atoms with Gasteiger partial charge in [-0.15, -0.1) is 0 Å². The maximum Gasteiger partial charge on any atom is 0.305 e. The van der Waals surface area contributed by atoms with E-state index in [0.717, 1.165) is 19.3 Å². The van der Waals surface area contributed by atoms with E-state index in [9.17, 15) is 4.79 Å². The van der Waals surface area contributed by atoms with Crippen LogP contribution in [0.1, 0.15) is 97.3 Å². The molecule has 1 atom stereocenters. The van der Waals surface area contributed by atoms with Crippen molar-refractivity contribution >= 4 is 5.97 Å². The third-order valence-corrected chi connectivity index (χ3v) is 4.58. The highest BCUT2D eigenvalue weighted by Crippen LogP contribution is 2.08. The van der Waals surface area contributed by atoms with Crippen molar-refractivity contribution in [2.45, 2.75) is 103 Å². The molecule has 0 fully saturated rings. The summed E-state index contributed by atoms with van der Waals surface area (Å²) in [6.45, 7) is 4.74. The number of allylic oxidation sites excluding steroid dienone is 4. The molecule has 0 aromatic rings. The molecule has 0 heterocycles. The third kappa shape index (κ3) is 19.6. The third-order valence-electron chi connectivity index (χ3n) is 4.58. The summed E-state index contributed by atoms with van der Waals surface area (Å²) in [6, 6.07) is 0. The summed E-state index contributed by atoms with van der Waals surface area (Å²) in [7, 11) is 0. The summed E-state index contributed by atoms with van der Waals surface area (Å²) in [6.07, 6.45) is 23.7. The number of hydrogen-bond donors (Lipinski definition) is 1. The van der Waals surface area contributed by atoms with E-state index in [-0.39, 0.29) is 19.2 Å². The van der Waals surface area contributed by atoms with E-state index in [1.807, 2.05) is 0 Å². The van der Waals surface area contributed by atoms with Crippen molar-refractivity contribution in [2.75, 3.05) is 19.8 Å². The molecule has 0 aromatic carbocycles. The molecule has 4 heteroatoms. The van der Waals surface area contributed by atoms with Gasteiger partial charge in [-0.05, 0) is 38.5 Å². The Hall–Kier alpha value is -1.13. The van der Waals surface area contributed by atoms with Crippen molar-refractivity contribution in [3.63, 3.8) is 0 Å². The normalized spacial score (nSPS) is 12.8. The number of unbranched alkanes of at least 4 members (excludes halogenated alkanes) is 9. The smallest absolute Gasteiger partial charge is 0.305 e. The number of rotatable bonds is 20. The van der Waals surface area contributed by atoms with Crippen LogP contribution < -0.4 is 0 Å². The highest BCUT2D eigenvalue weighted by molar-refractivity contribution is 5.69. The number of aliphatic hydroxyl groups is 1. The van der Waals surface area contributed by atoms with E-state index in [0.29, 0.717) is 13.0 Å². The fourth-order valence-electron chi connectivity index (χ4n) is 2.80. The van der Waals surface area contributed by atoms with Gasteiger partial charge >= 0.3 is 5.97 Å². The highest BCUT2D eigenvalue weighted by Gasteiger charge is 2.11. The molecule has 0 aromatic heterocycles. The molecule has 4 nitrogen and oxygen atoms in total. The quantitative estimate of drug-likeness (QED) is 0.153. The Morgan fingerprint density at radius 2 is 1.46 bits per heavy atom. The monoisotopic (exact) mass is 396 g/mol. The van der Waals surface area contributed by atoms with E-state index in [4.69, 9.17) is 14.6 Å². The average molecular weight is 397 g/mol. The average Bonchev–Trinajstić information content (AvgIpc) is 2.71. The zero-order valence-corrected chi connectivity index (χ0v) is 18.4. The first kappa shape index (κ1) is 26.9. The largest absolute Gasteiger partial charge is 0.457 e. The van der Waals surface area contributed by atoms with Crippen LogP contribution in [0.25, 0.3) is 0 Å². The van der Waals surface area contributed by atoms with Gasteiger partial charge in [-0.25, -0.2) is 0 Å². The van der Waals surface area contributed by atoms with Gasteiger partial charge in [0.2, 0.25) is 0 Å². The number of aliphatic hydroxyl groups excluding tert-OH is 1. The zero-order chi connectivity index (χ0) is 20.7. The predicted molar refractivity (Wildman–Crippen MR) is 117 cm³/mol. The van der Waals surface area contributed by atoms with Crippen molar-refractivity contribution in [1.29, 1.82) is 0 Å². The Kier molecular flexibility index (Phi) is 21.3. The summed E-state index contributed by atoms with van der Waals surface area (Å²) in [5.41, 5.74) is 0. The van der Waals surface area contributed by atoms with Gasteiger partial charge in [0.1, 0.15) is 6.10 Å². The van der Waals surface area contributed by atoms with Crippen molar-refractivity contribution < 1.29 is 19.4 Å². The van der Waals surface area contributed by atoms with Crippen LogP contribution in [0.5, 0.6) is 0 Å². The van der Waals surface area contributed by atoms with Crippen molar-refractivity contribution in [3.8, 4) is 0 Å². The van der Waals surface area contributed by atoms with Crippen molar-refractivity contribution in [3.05, 3.63) is 24.3 Å². The molecule has 0 aliphatic rings. The number of carbonyl (C=O) groups excluding carboxylic acids is 1. The summed E-state index contributed by atoms with van der Waals surface area (Å²) in [5, 5.41) is 9.15. The van der Waals surface area contributed by atoms with E-state index >= 15 is 0 Å². The van der Waals surface area contributed by atoms with E-state index in [1.54, 1.807) is 6.92 Å². The molecule has 0 aliphatic carbocycles. The molecule has 1 unspecified atom stereocenters. The molecule has 1 N–H and O–H groups in total. The van der Waals surface area contributed by atoms with Gasteiger partial charge in [-0.3, -0.25) is 4.79 Å². The Balaban J connectivity index is 3.33. The standard InChI is InChI=1S/C24H44O4/c1-3-5-6-7-8-9-10-11-12-13-14-15-16-17-18-19-20-27-22-23(21-25)28-24(26)4-2/h8-9,11-12,23,25H,3-7,10,13-22H2,1-2H3/b9-8-,12-11-. The van der Waals surface area contributed by atoms with Gasteiger partial charge in [0.25, 0.3) is 0 Å². The minimum Gasteiger partial charge on any atom is -0.457 e. The van der Waals surface area contributed by atoms with Crippen LogP contribution in [0.3, 0.4) is 0 Å². The minimum atomic E-state index is -0.531. The Labute approximate surface area is 173 Å². The van der Waals surface area contributed by atoms with Crippen LogP contribution in [0.15, 0.2) is 24.3 Å². The van der Waals surface area contributed by atoms with Gasteiger partial charge in [-0.2, -0.15) is 0 Å².